The fraction of sp³-hybridized carbons (Fsp3) is 0.292. The lowest BCUT2D eigenvalue weighted by Crippen LogP contribution is -2.57. The van der Waals surface area contributed by atoms with Crippen molar-refractivity contribution < 1.29 is 14.4 Å². The molecule has 4 rings (SSSR count). The molecule has 2 aliphatic rings. The number of Topliss-reactive ketones (excluding diaryl/α,β-unsaturated/α-hetero) is 1. The number of allylic oxidation sites excluding steroid dienone is 1. The van der Waals surface area contributed by atoms with Gasteiger partial charge in [0.1, 0.15) is 6.54 Å². The van der Waals surface area contributed by atoms with E-state index in [-0.39, 0.29) is 36.6 Å². The normalized spacial score (nSPS) is 19.8. The molecule has 2 aromatic rings. The number of hydrogen-bond donors (Lipinski definition) is 0. The number of nitrogens with zero attached hydrogens (tertiary/aromatic N) is 2. The van der Waals surface area contributed by atoms with E-state index in [1.54, 1.807) is 9.80 Å². The second-order valence-electron chi connectivity index (χ2n) is 7.63. The first-order valence-corrected chi connectivity index (χ1v) is 10.00. The number of para-hydroxylation sites is 1. The summed E-state index contributed by atoms with van der Waals surface area (Å²) in [6, 6.07) is 19.2. The van der Waals surface area contributed by atoms with Crippen LogP contribution >= 0.6 is 0 Å². The van der Waals surface area contributed by atoms with Gasteiger partial charge in [0.05, 0.1) is 6.42 Å². The first-order chi connectivity index (χ1) is 14.0. The highest BCUT2D eigenvalue weighted by molar-refractivity contribution is 6.10. The van der Waals surface area contributed by atoms with E-state index in [1.807, 2.05) is 67.6 Å². The summed E-state index contributed by atoms with van der Waals surface area (Å²) in [4.78, 5) is 41.5. The lowest BCUT2D eigenvalue weighted by atomic mass is 9.99. The van der Waals surface area contributed by atoms with Gasteiger partial charge in [-0.2, -0.15) is 0 Å². The average Bonchev–Trinajstić information content (AvgIpc) is 3.11. The van der Waals surface area contributed by atoms with Crippen LogP contribution in [0.1, 0.15) is 31.7 Å². The molecule has 1 heterocycles. The van der Waals surface area contributed by atoms with Gasteiger partial charge < -0.3 is 9.80 Å². The van der Waals surface area contributed by atoms with Crippen molar-refractivity contribution in [2.24, 2.45) is 0 Å². The Morgan fingerprint density at radius 2 is 1.62 bits per heavy atom. The van der Waals surface area contributed by atoms with Crippen LogP contribution in [-0.4, -0.2) is 41.6 Å². The molecule has 2 amide bonds. The van der Waals surface area contributed by atoms with Gasteiger partial charge in [-0.1, -0.05) is 48.5 Å². The first kappa shape index (κ1) is 19.1. The molecule has 148 valence electrons. The zero-order chi connectivity index (χ0) is 20.4. The number of piperazine rings is 1. The van der Waals surface area contributed by atoms with Crippen LogP contribution in [-0.2, 0) is 14.4 Å². The van der Waals surface area contributed by atoms with E-state index < -0.39 is 0 Å². The summed E-state index contributed by atoms with van der Waals surface area (Å²) < 4.78 is 0. The molecule has 1 atom stereocenters. The van der Waals surface area contributed by atoms with Gasteiger partial charge >= 0.3 is 0 Å². The standard InChI is InChI=1S/C24H24N2O3/c1-17-15-26(19-10-6-3-7-11-19)24(29)16-25(17)23(28)14-21-20(12-13-22(21)27)18-8-4-2-5-9-18/h2-11,17H,12-16H2,1H3/t17-/m1/s1. The van der Waals surface area contributed by atoms with Crippen molar-refractivity contribution in [2.75, 3.05) is 18.0 Å². The van der Waals surface area contributed by atoms with Crippen LogP contribution in [0.25, 0.3) is 5.57 Å². The summed E-state index contributed by atoms with van der Waals surface area (Å²) >= 11 is 0. The highest BCUT2D eigenvalue weighted by Gasteiger charge is 2.35. The maximum atomic E-state index is 13.0. The van der Waals surface area contributed by atoms with Crippen LogP contribution in [0, 0.1) is 0 Å². The molecule has 5 nitrogen and oxygen atoms in total. The summed E-state index contributed by atoms with van der Waals surface area (Å²) in [6.45, 7) is 2.44. The highest BCUT2D eigenvalue weighted by Crippen LogP contribution is 2.34. The Bertz CT molecular complexity index is 966. The van der Waals surface area contributed by atoms with Crippen molar-refractivity contribution >= 4 is 28.9 Å². The monoisotopic (exact) mass is 388 g/mol. The zero-order valence-corrected chi connectivity index (χ0v) is 16.5. The Hall–Kier alpha value is -3.21. The SMILES string of the molecule is C[C@@H]1CN(c2ccccc2)C(=O)CN1C(=O)CC1=C(c2ccccc2)CCC1=O. The smallest absolute Gasteiger partial charge is 0.246 e. The second-order valence-corrected chi connectivity index (χ2v) is 7.63. The molecular formula is C24H24N2O3. The van der Waals surface area contributed by atoms with Gasteiger partial charge in [0, 0.05) is 30.3 Å². The zero-order valence-electron chi connectivity index (χ0n) is 16.5. The summed E-state index contributed by atoms with van der Waals surface area (Å²) in [7, 11) is 0. The minimum atomic E-state index is -0.155. The van der Waals surface area contributed by atoms with Gasteiger partial charge in [0.25, 0.3) is 0 Å². The van der Waals surface area contributed by atoms with E-state index in [1.165, 1.54) is 0 Å². The number of anilines is 1. The third kappa shape index (κ3) is 3.86. The van der Waals surface area contributed by atoms with Crippen molar-refractivity contribution in [3.05, 3.63) is 71.8 Å². The maximum Gasteiger partial charge on any atom is 0.246 e. The molecule has 0 saturated carbocycles. The van der Waals surface area contributed by atoms with Gasteiger partial charge in [-0.3, -0.25) is 14.4 Å². The van der Waals surface area contributed by atoms with Crippen LogP contribution in [0.15, 0.2) is 66.2 Å². The lowest BCUT2D eigenvalue weighted by Gasteiger charge is -2.39. The quantitative estimate of drug-likeness (QED) is 0.806. The molecule has 1 saturated heterocycles. The van der Waals surface area contributed by atoms with Crippen LogP contribution in [0.3, 0.4) is 0 Å². The molecule has 1 aliphatic carbocycles. The molecule has 0 unspecified atom stereocenters. The molecule has 1 fully saturated rings. The van der Waals surface area contributed by atoms with Gasteiger partial charge in [-0.05, 0) is 36.6 Å². The van der Waals surface area contributed by atoms with Crippen LogP contribution < -0.4 is 4.90 Å². The molecule has 1 aliphatic heterocycles. The van der Waals surface area contributed by atoms with E-state index in [9.17, 15) is 14.4 Å². The Balaban J connectivity index is 1.51. The molecular weight excluding hydrogens is 364 g/mol. The van der Waals surface area contributed by atoms with Gasteiger partial charge in [-0.25, -0.2) is 0 Å². The van der Waals surface area contributed by atoms with Crippen molar-refractivity contribution in [1.82, 2.24) is 4.90 Å². The molecule has 0 radical (unpaired) electrons. The molecule has 0 spiro atoms. The van der Waals surface area contributed by atoms with E-state index in [0.717, 1.165) is 16.8 Å². The number of carbonyl (C=O) groups is 3. The summed E-state index contributed by atoms with van der Waals surface area (Å²) in [6.07, 6.45) is 1.18. The van der Waals surface area contributed by atoms with E-state index >= 15 is 0 Å². The molecule has 0 bridgehead atoms. The van der Waals surface area contributed by atoms with E-state index in [4.69, 9.17) is 0 Å². The number of benzene rings is 2. The number of amides is 2. The van der Waals surface area contributed by atoms with Crippen LogP contribution in [0.4, 0.5) is 5.69 Å². The average molecular weight is 388 g/mol. The predicted octanol–water partition coefficient (Wildman–Crippen LogP) is 3.46. The second kappa shape index (κ2) is 8.03. The van der Waals surface area contributed by atoms with Crippen molar-refractivity contribution in [3.8, 4) is 0 Å². The number of carbonyl (C=O) groups excluding carboxylic acids is 3. The third-order valence-electron chi connectivity index (χ3n) is 5.73. The minimum absolute atomic E-state index is 0.0387. The number of ketones is 1. The Morgan fingerprint density at radius 3 is 2.31 bits per heavy atom. The molecule has 2 aromatic carbocycles. The van der Waals surface area contributed by atoms with E-state index in [2.05, 4.69) is 0 Å². The van der Waals surface area contributed by atoms with Gasteiger partial charge in [0.15, 0.2) is 5.78 Å². The fourth-order valence-electron chi connectivity index (χ4n) is 4.17. The lowest BCUT2D eigenvalue weighted by molar-refractivity contribution is -0.139. The summed E-state index contributed by atoms with van der Waals surface area (Å²) in [5, 5.41) is 0. The molecule has 29 heavy (non-hydrogen) atoms. The highest BCUT2D eigenvalue weighted by atomic mass is 16.2. The Morgan fingerprint density at radius 1 is 0.966 bits per heavy atom. The largest absolute Gasteiger partial charge is 0.329 e. The Labute approximate surface area is 170 Å². The maximum absolute atomic E-state index is 13.0. The molecule has 0 aromatic heterocycles. The van der Waals surface area contributed by atoms with Crippen molar-refractivity contribution in [2.45, 2.75) is 32.2 Å². The third-order valence-corrected chi connectivity index (χ3v) is 5.73. The van der Waals surface area contributed by atoms with Crippen LogP contribution in [0.5, 0.6) is 0 Å². The van der Waals surface area contributed by atoms with Crippen LogP contribution in [0.2, 0.25) is 0 Å². The van der Waals surface area contributed by atoms with Crippen molar-refractivity contribution in [3.63, 3.8) is 0 Å². The Kier molecular flexibility index (Phi) is 5.30. The topological polar surface area (TPSA) is 57.7 Å². The van der Waals surface area contributed by atoms with Gasteiger partial charge in [-0.15, -0.1) is 0 Å². The summed E-state index contributed by atoms with van der Waals surface area (Å²) in [5.74, 6) is -0.214. The number of rotatable bonds is 4. The number of hydrogen-bond acceptors (Lipinski definition) is 3. The minimum Gasteiger partial charge on any atom is -0.329 e. The molecule has 5 heteroatoms. The first-order valence-electron chi connectivity index (χ1n) is 10.00. The fourth-order valence-corrected chi connectivity index (χ4v) is 4.17. The predicted molar refractivity (Wildman–Crippen MR) is 112 cm³/mol. The van der Waals surface area contributed by atoms with Gasteiger partial charge in [0.2, 0.25) is 11.8 Å². The molecule has 0 N–H and O–H groups in total. The van der Waals surface area contributed by atoms with E-state index in [0.29, 0.717) is 25.0 Å². The van der Waals surface area contributed by atoms with Crippen molar-refractivity contribution in [1.29, 1.82) is 0 Å². The summed E-state index contributed by atoms with van der Waals surface area (Å²) in [5.41, 5.74) is 3.41.